The molecule has 0 spiro atoms. The summed E-state index contributed by atoms with van der Waals surface area (Å²) in [4.78, 5) is 42.2. The molecule has 0 saturated carbocycles. The standard InChI is InChI=1S/C22H27N3O4/c1-16-6-7-19(15-17(16)2)25(18(3)26)9-8-21(27)23-10-12-24(13-11-23)22(28)20-5-4-14-29-20/h4-7,14-15H,8-13H2,1-3H3. The Bertz CT molecular complexity index is 883. The summed E-state index contributed by atoms with van der Waals surface area (Å²) in [7, 11) is 0. The van der Waals surface area contributed by atoms with Gasteiger partial charge in [-0.3, -0.25) is 14.4 Å². The van der Waals surface area contributed by atoms with E-state index in [-0.39, 0.29) is 24.1 Å². The number of aryl methyl sites for hydroxylation is 2. The zero-order valence-corrected chi connectivity index (χ0v) is 17.2. The molecule has 2 heterocycles. The van der Waals surface area contributed by atoms with Crippen LogP contribution in [-0.2, 0) is 9.59 Å². The van der Waals surface area contributed by atoms with E-state index in [4.69, 9.17) is 4.42 Å². The maximum absolute atomic E-state index is 12.6. The summed E-state index contributed by atoms with van der Waals surface area (Å²) in [5, 5.41) is 0. The van der Waals surface area contributed by atoms with Crippen LogP contribution >= 0.6 is 0 Å². The largest absolute Gasteiger partial charge is 0.459 e. The van der Waals surface area contributed by atoms with Crippen molar-refractivity contribution >= 4 is 23.4 Å². The van der Waals surface area contributed by atoms with E-state index < -0.39 is 0 Å². The topological polar surface area (TPSA) is 74.1 Å². The van der Waals surface area contributed by atoms with Crippen molar-refractivity contribution < 1.29 is 18.8 Å². The fourth-order valence-corrected chi connectivity index (χ4v) is 3.44. The van der Waals surface area contributed by atoms with Crippen LogP contribution in [0, 0.1) is 13.8 Å². The van der Waals surface area contributed by atoms with Crippen molar-refractivity contribution in [2.75, 3.05) is 37.6 Å². The second kappa shape index (κ2) is 8.94. The molecule has 1 aliphatic rings. The first-order chi connectivity index (χ1) is 13.9. The lowest BCUT2D eigenvalue weighted by Crippen LogP contribution is -2.51. The molecule has 1 saturated heterocycles. The molecule has 7 nitrogen and oxygen atoms in total. The van der Waals surface area contributed by atoms with Crippen LogP contribution in [0.4, 0.5) is 5.69 Å². The van der Waals surface area contributed by atoms with Crippen molar-refractivity contribution in [3.63, 3.8) is 0 Å². The van der Waals surface area contributed by atoms with Crippen LogP contribution in [0.15, 0.2) is 41.0 Å². The van der Waals surface area contributed by atoms with Crippen LogP contribution in [0.2, 0.25) is 0 Å². The molecule has 0 bridgehead atoms. The van der Waals surface area contributed by atoms with E-state index in [9.17, 15) is 14.4 Å². The van der Waals surface area contributed by atoms with Crippen molar-refractivity contribution in [1.82, 2.24) is 9.80 Å². The van der Waals surface area contributed by atoms with Gasteiger partial charge in [0, 0.05) is 51.8 Å². The summed E-state index contributed by atoms with van der Waals surface area (Å²) in [6.45, 7) is 7.78. The number of furan rings is 1. The molecule has 1 aromatic carbocycles. The third kappa shape index (κ3) is 4.85. The van der Waals surface area contributed by atoms with Crippen molar-refractivity contribution in [1.29, 1.82) is 0 Å². The fraction of sp³-hybridized carbons (Fsp3) is 0.409. The van der Waals surface area contributed by atoms with Crippen LogP contribution < -0.4 is 4.90 Å². The minimum atomic E-state index is -0.153. The molecule has 154 valence electrons. The highest BCUT2D eigenvalue weighted by atomic mass is 16.3. The monoisotopic (exact) mass is 397 g/mol. The Morgan fingerprint density at radius 3 is 2.28 bits per heavy atom. The third-order valence-electron chi connectivity index (χ3n) is 5.38. The average Bonchev–Trinajstić information content (AvgIpc) is 3.24. The van der Waals surface area contributed by atoms with Gasteiger partial charge in [-0.05, 0) is 49.2 Å². The van der Waals surface area contributed by atoms with Crippen LogP contribution in [-0.4, -0.2) is 60.2 Å². The summed E-state index contributed by atoms with van der Waals surface area (Å²) in [6.07, 6.45) is 1.72. The normalized spacial score (nSPS) is 14.0. The molecule has 0 unspecified atom stereocenters. The molecular formula is C22H27N3O4. The molecular weight excluding hydrogens is 370 g/mol. The number of carbonyl (C=O) groups excluding carboxylic acids is 3. The quantitative estimate of drug-likeness (QED) is 0.777. The lowest BCUT2D eigenvalue weighted by atomic mass is 10.1. The van der Waals surface area contributed by atoms with Gasteiger partial charge in [0.1, 0.15) is 0 Å². The molecule has 1 fully saturated rings. The number of carbonyl (C=O) groups is 3. The third-order valence-corrected chi connectivity index (χ3v) is 5.38. The minimum Gasteiger partial charge on any atom is -0.459 e. The van der Waals surface area contributed by atoms with E-state index in [2.05, 4.69) is 0 Å². The first kappa shape index (κ1) is 20.6. The number of piperazine rings is 1. The van der Waals surface area contributed by atoms with Crippen molar-refractivity contribution in [2.24, 2.45) is 0 Å². The Labute approximate surface area is 170 Å². The summed E-state index contributed by atoms with van der Waals surface area (Å²) in [5.74, 6) is 0.0648. The van der Waals surface area contributed by atoms with Crippen LogP contribution in [0.1, 0.15) is 35.0 Å². The number of hydrogen-bond acceptors (Lipinski definition) is 4. The van der Waals surface area contributed by atoms with Crippen molar-refractivity contribution in [3.05, 3.63) is 53.5 Å². The number of hydrogen-bond donors (Lipinski definition) is 0. The lowest BCUT2D eigenvalue weighted by molar-refractivity contribution is -0.132. The SMILES string of the molecule is CC(=O)N(CCC(=O)N1CCN(C(=O)c2ccco2)CC1)c1ccc(C)c(C)c1. The smallest absolute Gasteiger partial charge is 0.289 e. The van der Waals surface area contributed by atoms with Crippen LogP contribution in [0.25, 0.3) is 0 Å². The van der Waals surface area contributed by atoms with Gasteiger partial charge in [-0.2, -0.15) is 0 Å². The number of nitrogens with zero attached hydrogens (tertiary/aromatic N) is 3. The minimum absolute atomic E-state index is 0.00909. The average molecular weight is 397 g/mol. The summed E-state index contributed by atoms with van der Waals surface area (Å²) in [6, 6.07) is 9.19. The van der Waals surface area contributed by atoms with Gasteiger partial charge in [0.2, 0.25) is 11.8 Å². The number of anilines is 1. The Balaban J connectivity index is 1.54. The number of amides is 3. The predicted molar refractivity (Wildman–Crippen MR) is 110 cm³/mol. The highest BCUT2D eigenvalue weighted by Gasteiger charge is 2.26. The summed E-state index contributed by atoms with van der Waals surface area (Å²) in [5.41, 5.74) is 3.08. The molecule has 2 aromatic rings. The van der Waals surface area contributed by atoms with E-state index in [0.717, 1.165) is 16.8 Å². The van der Waals surface area contributed by atoms with Gasteiger partial charge in [-0.15, -0.1) is 0 Å². The van der Waals surface area contributed by atoms with E-state index >= 15 is 0 Å². The van der Waals surface area contributed by atoms with Gasteiger partial charge < -0.3 is 19.1 Å². The number of rotatable bonds is 5. The summed E-state index contributed by atoms with van der Waals surface area (Å²) >= 11 is 0. The van der Waals surface area contributed by atoms with Gasteiger partial charge in [0.05, 0.1) is 6.26 Å². The van der Waals surface area contributed by atoms with E-state index in [1.165, 1.54) is 13.2 Å². The van der Waals surface area contributed by atoms with Crippen molar-refractivity contribution in [2.45, 2.75) is 27.2 Å². The van der Waals surface area contributed by atoms with E-state index in [1.54, 1.807) is 26.8 Å². The first-order valence-electron chi connectivity index (χ1n) is 9.82. The Hall–Kier alpha value is -3.09. The second-order valence-electron chi connectivity index (χ2n) is 7.34. The Morgan fingerprint density at radius 2 is 1.69 bits per heavy atom. The molecule has 1 aliphatic heterocycles. The molecule has 0 atom stereocenters. The molecule has 1 aromatic heterocycles. The van der Waals surface area contributed by atoms with Crippen LogP contribution in [0.3, 0.4) is 0 Å². The molecule has 0 N–H and O–H groups in total. The van der Waals surface area contributed by atoms with E-state index in [1.807, 2.05) is 32.0 Å². The van der Waals surface area contributed by atoms with Crippen LogP contribution in [0.5, 0.6) is 0 Å². The molecule has 0 aliphatic carbocycles. The Morgan fingerprint density at radius 1 is 1.00 bits per heavy atom. The summed E-state index contributed by atoms with van der Waals surface area (Å²) < 4.78 is 5.16. The lowest BCUT2D eigenvalue weighted by Gasteiger charge is -2.34. The highest BCUT2D eigenvalue weighted by Crippen LogP contribution is 2.20. The van der Waals surface area contributed by atoms with Gasteiger partial charge in [-0.1, -0.05) is 6.07 Å². The van der Waals surface area contributed by atoms with Gasteiger partial charge in [-0.25, -0.2) is 0 Å². The highest BCUT2D eigenvalue weighted by molar-refractivity contribution is 5.93. The molecule has 7 heteroatoms. The number of benzene rings is 1. The maximum atomic E-state index is 12.6. The van der Waals surface area contributed by atoms with Gasteiger partial charge in [0.15, 0.2) is 5.76 Å². The van der Waals surface area contributed by atoms with Crippen molar-refractivity contribution in [3.8, 4) is 0 Å². The Kier molecular flexibility index (Phi) is 6.36. The molecule has 3 amide bonds. The molecule has 29 heavy (non-hydrogen) atoms. The second-order valence-corrected chi connectivity index (χ2v) is 7.34. The molecule has 3 rings (SSSR count). The zero-order chi connectivity index (χ0) is 21.0. The van der Waals surface area contributed by atoms with Gasteiger partial charge in [0.25, 0.3) is 5.91 Å². The first-order valence-corrected chi connectivity index (χ1v) is 9.82. The van der Waals surface area contributed by atoms with Gasteiger partial charge >= 0.3 is 0 Å². The zero-order valence-electron chi connectivity index (χ0n) is 17.2. The fourth-order valence-electron chi connectivity index (χ4n) is 3.44. The predicted octanol–water partition coefficient (Wildman–Crippen LogP) is 2.62. The van der Waals surface area contributed by atoms with E-state index in [0.29, 0.717) is 38.5 Å². The molecule has 0 radical (unpaired) electrons. The maximum Gasteiger partial charge on any atom is 0.289 e.